The fraction of sp³-hybridized carbons (Fsp3) is 0.333. The van der Waals surface area contributed by atoms with E-state index in [9.17, 15) is 0 Å². The van der Waals surface area contributed by atoms with Crippen LogP contribution in [0.25, 0.3) is 0 Å². The number of ether oxygens (including phenoxy) is 1. The molecule has 0 spiro atoms. The molecular formula is C3H3N2OS. The third kappa shape index (κ3) is 0.866. The van der Waals surface area contributed by atoms with Crippen molar-refractivity contribution in [3.63, 3.8) is 0 Å². The van der Waals surface area contributed by atoms with Crippen molar-refractivity contribution in [1.29, 1.82) is 0 Å². The highest BCUT2D eigenvalue weighted by atomic mass is 32.1. The molecule has 0 fully saturated rings. The minimum absolute atomic E-state index is 0.556. The van der Waals surface area contributed by atoms with Crippen molar-refractivity contribution in [3.05, 3.63) is 5.51 Å². The maximum atomic E-state index is 4.67. The molecular weight excluding hydrogens is 112 g/mol. The van der Waals surface area contributed by atoms with Gasteiger partial charge in [0.15, 0.2) is 5.51 Å². The smallest absolute Gasteiger partial charge is 0.294 e. The monoisotopic (exact) mass is 115 g/mol. The quantitative estimate of drug-likeness (QED) is 0.529. The van der Waals surface area contributed by atoms with Gasteiger partial charge in [-0.3, -0.25) is 0 Å². The predicted octanol–water partition coefficient (Wildman–Crippen LogP) is 0.347. The summed E-state index contributed by atoms with van der Waals surface area (Å²) in [4.78, 5) is 0. The van der Waals surface area contributed by atoms with E-state index in [1.165, 1.54) is 11.3 Å². The summed E-state index contributed by atoms with van der Waals surface area (Å²) in [6.07, 6.45) is 0. The van der Waals surface area contributed by atoms with Gasteiger partial charge < -0.3 is 4.74 Å². The van der Waals surface area contributed by atoms with Gasteiger partial charge in [0, 0.05) is 0 Å². The van der Waals surface area contributed by atoms with Gasteiger partial charge in [-0.15, -0.1) is 5.10 Å². The van der Waals surface area contributed by atoms with E-state index in [-0.39, 0.29) is 0 Å². The van der Waals surface area contributed by atoms with E-state index in [4.69, 9.17) is 0 Å². The van der Waals surface area contributed by atoms with Crippen molar-refractivity contribution >= 4 is 11.3 Å². The normalized spacial score (nSPS) is 8.71. The number of rotatable bonds is 1. The average molecular weight is 115 g/mol. The second-order valence-corrected chi connectivity index (χ2v) is 1.60. The number of methoxy groups -OCH3 is 1. The first kappa shape index (κ1) is 4.52. The van der Waals surface area contributed by atoms with Crippen molar-refractivity contribution in [2.45, 2.75) is 0 Å². The third-order valence-corrected chi connectivity index (χ3v) is 1.08. The topological polar surface area (TPSA) is 35.0 Å². The molecule has 0 aliphatic heterocycles. The molecule has 0 atom stereocenters. The maximum absolute atomic E-state index is 4.67. The molecule has 1 heterocycles. The zero-order valence-corrected chi connectivity index (χ0v) is 4.53. The Kier molecular flexibility index (Phi) is 1.21. The zero-order chi connectivity index (χ0) is 5.11. The second-order valence-electron chi connectivity index (χ2n) is 0.863. The van der Waals surface area contributed by atoms with Gasteiger partial charge in [-0.1, -0.05) is 16.4 Å². The van der Waals surface area contributed by atoms with E-state index >= 15 is 0 Å². The molecule has 1 aromatic rings. The molecule has 37 valence electrons. The molecule has 7 heavy (non-hydrogen) atoms. The summed E-state index contributed by atoms with van der Waals surface area (Å²) < 4.78 is 4.67. The lowest BCUT2D eigenvalue weighted by molar-refractivity contribution is 0.407. The molecule has 1 rings (SSSR count). The summed E-state index contributed by atoms with van der Waals surface area (Å²) in [5.74, 6) is 0. The molecule has 0 saturated carbocycles. The van der Waals surface area contributed by atoms with E-state index in [1.807, 2.05) is 0 Å². The molecule has 0 N–H and O–H groups in total. The average Bonchev–Trinajstić information content (AvgIpc) is 2.14. The van der Waals surface area contributed by atoms with Crippen molar-refractivity contribution in [1.82, 2.24) is 10.2 Å². The Morgan fingerprint density at radius 3 is 3.00 bits per heavy atom. The van der Waals surface area contributed by atoms with Gasteiger partial charge in [0.2, 0.25) is 0 Å². The van der Waals surface area contributed by atoms with Crippen LogP contribution in [0.3, 0.4) is 0 Å². The Bertz CT molecular complexity index is 127. The van der Waals surface area contributed by atoms with Crippen LogP contribution in [0.5, 0.6) is 5.19 Å². The van der Waals surface area contributed by atoms with E-state index in [0.717, 1.165) is 0 Å². The van der Waals surface area contributed by atoms with Crippen LogP contribution in [0.2, 0.25) is 0 Å². The van der Waals surface area contributed by atoms with Crippen molar-refractivity contribution in [2.24, 2.45) is 0 Å². The fourth-order valence-corrected chi connectivity index (χ4v) is 0.548. The Labute approximate surface area is 45.0 Å². The van der Waals surface area contributed by atoms with E-state index in [1.54, 1.807) is 7.11 Å². The standard InChI is InChI=1S/C3H3N2OS/c1-6-3-5-4-2-7-3/h1H3. The Morgan fingerprint density at radius 1 is 1.86 bits per heavy atom. The van der Waals surface area contributed by atoms with Crippen LogP contribution in [-0.2, 0) is 0 Å². The van der Waals surface area contributed by atoms with Crippen LogP contribution in [-0.4, -0.2) is 17.3 Å². The molecule has 0 aliphatic carbocycles. The van der Waals surface area contributed by atoms with Crippen LogP contribution in [0.4, 0.5) is 0 Å². The van der Waals surface area contributed by atoms with Gasteiger partial charge in [0.1, 0.15) is 0 Å². The van der Waals surface area contributed by atoms with Gasteiger partial charge in [-0.05, 0) is 0 Å². The molecule has 4 heteroatoms. The van der Waals surface area contributed by atoms with Gasteiger partial charge in [-0.25, -0.2) is 0 Å². The molecule has 3 nitrogen and oxygen atoms in total. The fourth-order valence-electron chi connectivity index (χ4n) is 0.224. The lowest BCUT2D eigenvalue weighted by atomic mass is 11.4. The molecule has 0 aliphatic rings. The summed E-state index contributed by atoms with van der Waals surface area (Å²) in [5.41, 5.74) is 2.54. The van der Waals surface area contributed by atoms with Gasteiger partial charge in [0.05, 0.1) is 7.11 Å². The SMILES string of the molecule is COc1nn[c]s1. The van der Waals surface area contributed by atoms with Gasteiger partial charge >= 0.3 is 0 Å². The maximum Gasteiger partial charge on any atom is 0.294 e. The van der Waals surface area contributed by atoms with Crippen LogP contribution in [0, 0.1) is 5.51 Å². The van der Waals surface area contributed by atoms with Gasteiger partial charge in [0.25, 0.3) is 5.19 Å². The third-order valence-electron chi connectivity index (χ3n) is 0.480. The lowest BCUT2D eigenvalue weighted by Crippen LogP contribution is -1.78. The van der Waals surface area contributed by atoms with Crippen molar-refractivity contribution in [3.8, 4) is 5.19 Å². The predicted molar refractivity (Wildman–Crippen MR) is 25.3 cm³/mol. The van der Waals surface area contributed by atoms with Crippen LogP contribution in [0.15, 0.2) is 0 Å². The molecule has 0 aromatic carbocycles. The first-order valence-corrected chi connectivity index (χ1v) is 2.48. The molecule has 1 aromatic heterocycles. The Hall–Kier alpha value is -0.640. The number of aromatic nitrogens is 2. The molecule has 1 radical (unpaired) electrons. The number of nitrogens with zero attached hydrogens (tertiary/aromatic N) is 2. The van der Waals surface area contributed by atoms with Crippen molar-refractivity contribution in [2.75, 3.05) is 7.11 Å². The minimum Gasteiger partial charge on any atom is -0.472 e. The van der Waals surface area contributed by atoms with Crippen LogP contribution >= 0.6 is 11.3 Å². The Morgan fingerprint density at radius 2 is 2.71 bits per heavy atom. The summed E-state index contributed by atoms with van der Waals surface area (Å²) in [6, 6.07) is 0. The highest BCUT2D eigenvalue weighted by Crippen LogP contribution is 2.07. The van der Waals surface area contributed by atoms with Gasteiger partial charge in [-0.2, -0.15) is 0 Å². The summed E-state index contributed by atoms with van der Waals surface area (Å²) in [6.45, 7) is 0. The largest absolute Gasteiger partial charge is 0.472 e. The lowest BCUT2D eigenvalue weighted by Gasteiger charge is -1.82. The minimum atomic E-state index is 0.556. The second kappa shape index (κ2) is 1.88. The van der Waals surface area contributed by atoms with E-state index in [2.05, 4.69) is 20.4 Å². The van der Waals surface area contributed by atoms with Crippen LogP contribution in [0.1, 0.15) is 0 Å². The molecule has 0 unspecified atom stereocenters. The number of hydrogen-bond donors (Lipinski definition) is 0. The van der Waals surface area contributed by atoms with Crippen molar-refractivity contribution < 1.29 is 4.74 Å². The summed E-state index contributed by atoms with van der Waals surface area (Å²) in [7, 11) is 1.55. The zero-order valence-electron chi connectivity index (χ0n) is 3.71. The van der Waals surface area contributed by atoms with E-state index in [0.29, 0.717) is 5.19 Å². The van der Waals surface area contributed by atoms with E-state index < -0.39 is 0 Å². The highest BCUT2D eigenvalue weighted by molar-refractivity contribution is 7.10. The highest BCUT2D eigenvalue weighted by Gasteiger charge is 1.88. The number of hydrogen-bond acceptors (Lipinski definition) is 4. The summed E-state index contributed by atoms with van der Waals surface area (Å²) in [5, 5.41) is 7.49. The first-order chi connectivity index (χ1) is 3.43. The molecule has 0 amide bonds. The van der Waals surface area contributed by atoms with Crippen LogP contribution < -0.4 is 4.74 Å². The Balaban J connectivity index is 2.76. The molecule has 0 saturated heterocycles. The first-order valence-electron chi connectivity index (χ1n) is 1.67. The summed E-state index contributed by atoms with van der Waals surface area (Å²) >= 11 is 1.25. The molecule has 0 bridgehead atoms.